The van der Waals surface area contributed by atoms with Crippen LogP contribution in [-0.2, 0) is 14.3 Å². The fraction of sp³-hybridized carbons (Fsp3) is 0.185. The van der Waals surface area contributed by atoms with E-state index >= 15 is 0 Å². The first-order valence-electron chi connectivity index (χ1n) is 11.3. The molecule has 4 rings (SSSR count). The number of methoxy groups -OCH3 is 1. The minimum absolute atomic E-state index is 0.0173. The van der Waals surface area contributed by atoms with Gasteiger partial charge < -0.3 is 14.2 Å². The van der Waals surface area contributed by atoms with Crippen LogP contribution in [0.1, 0.15) is 31.0 Å². The highest BCUT2D eigenvalue weighted by atomic mass is 35.5. The molecule has 0 N–H and O–H groups in total. The molecule has 0 saturated heterocycles. The number of hydrogen-bond acceptors (Lipinski definition) is 8. The average molecular weight is 573 g/mol. The fourth-order valence-corrected chi connectivity index (χ4v) is 5.46. The summed E-state index contributed by atoms with van der Waals surface area (Å²) in [6.07, 6.45) is 3.10. The predicted octanol–water partition coefficient (Wildman–Crippen LogP) is 4.21. The highest BCUT2D eigenvalue weighted by Gasteiger charge is 2.34. The van der Waals surface area contributed by atoms with Gasteiger partial charge in [0.1, 0.15) is 6.61 Å². The molecule has 1 atom stereocenters. The van der Waals surface area contributed by atoms with Gasteiger partial charge in [0.2, 0.25) is 0 Å². The number of carbonyl (C=O) groups is 2. The molecule has 1 aliphatic heterocycles. The third-order valence-electron chi connectivity index (χ3n) is 5.58. The lowest BCUT2D eigenvalue weighted by molar-refractivity contribution is -0.138. The van der Waals surface area contributed by atoms with Crippen molar-refractivity contribution in [3.05, 3.63) is 101 Å². The summed E-state index contributed by atoms with van der Waals surface area (Å²) in [6.45, 7) is 6.52. The second kappa shape index (κ2) is 11.4. The van der Waals surface area contributed by atoms with Crippen LogP contribution in [0.15, 0.2) is 70.1 Å². The standard InChI is InChI=1S/C27H22Cl2N2O6S/c1-5-10-36-26(34)23-14(2)30-27-31(24(23)17-7-9-20(37-15(3)32)21(11-17)35-4)25(33)22(38-27)12-16-6-8-18(28)13-19(16)29/h5-9,11-13,24H,1,10H2,2-4H3/b22-12-. The molecule has 0 radical (unpaired) electrons. The van der Waals surface area contributed by atoms with Crippen molar-refractivity contribution in [2.75, 3.05) is 13.7 Å². The number of rotatable bonds is 7. The monoisotopic (exact) mass is 572 g/mol. The van der Waals surface area contributed by atoms with Crippen LogP contribution in [0.4, 0.5) is 0 Å². The highest BCUT2D eigenvalue weighted by molar-refractivity contribution is 7.07. The van der Waals surface area contributed by atoms with Gasteiger partial charge in [-0.3, -0.25) is 14.2 Å². The number of allylic oxidation sites excluding steroid dienone is 1. The molecule has 0 aliphatic carbocycles. The Morgan fingerprint density at radius 2 is 1.95 bits per heavy atom. The number of aromatic nitrogens is 1. The van der Waals surface area contributed by atoms with Gasteiger partial charge in [-0.15, -0.1) is 0 Å². The Bertz CT molecular complexity index is 1670. The smallest absolute Gasteiger partial charge is 0.338 e. The van der Waals surface area contributed by atoms with Crippen molar-refractivity contribution in [1.29, 1.82) is 0 Å². The molecule has 0 bridgehead atoms. The van der Waals surface area contributed by atoms with Crippen LogP contribution in [0.25, 0.3) is 6.08 Å². The van der Waals surface area contributed by atoms with E-state index < -0.39 is 18.0 Å². The number of thiazole rings is 1. The molecule has 1 aliphatic rings. The van der Waals surface area contributed by atoms with Crippen molar-refractivity contribution in [2.45, 2.75) is 19.9 Å². The minimum Gasteiger partial charge on any atom is -0.493 e. The Hall–Kier alpha value is -3.66. The van der Waals surface area contributed by atoms with Crippen LogP contribution in [-0.4, -0.2) is 30.2 Å². The number of carbonyl (C=O) groups excluding carboxylic acids is 2. The first-order valence-corrected chi connectivity index (χ1v) is 12.8. The molecule has 8 nitrogen and oxygen atoms in total. The molecule has 38 heavy (non-hydrogen) atoms. The van der Waals surface area contributed by atoms with Gasteiger partial charge in [0.05, 0.1) is 29.0 Å². The summed E-state index contributed by atoms with van der Waals surface area (Å²) < 4.78 is 17.8. The lowest BCUT2D eigenvalue weighted by Gasteiger charge is -2.25. The summed E-state index contributed by atoms with van der Waals surface area (Å²) in [6, 6.07) is 8.88. The van der Waals surface area contributed by atoms with E-state index in [0.29, 0.717) is 36.2 Å². The lowest BCUT2D eigenvalue weighted by atomic mass is 9.95. The Balaban J connectivity index is 1.95. The van der Waals surface area contributed by atoms with E-state index in [4.69, 9.17) is 37.4 Å². The number of halogens is 2. The first-order chi connectivity index (χ1) is 18.1. The molecule has 0 spiro atoms. The van der Waals surface area contributed by atoms with E-state index in [-0.39, 0.29) is 29.2 Å². The summed E-state index contributed by atoms with van der Waals surface area (Å²) in [4.78, 5) is 43.4. The van der Waals surface area contributed by atoms with Gasteiger partial charge >= 0.3 is 11.9 Å². The first kappa shape index (κ1) is 27.4. The number of nitrogens with zero attached hydrogens (tertiary/aromatic N) is 2. The van der Waals surface area contributed by atoms with E-state index in [1.165, 1.54) is 24.7 Å². The number of hydrogen-bond donors (Lipinski definition) is 0. The molecule has 0 fully saturated rings. The minimum atomic E-state index is -0.897. The molecule has 2 aromatic carbocycles. The summed E-state index contributed by atoms with van der Waals surface area (Å²) >= 11 is 13.5. The van der Waals surface area contributed by atoms with E-state index in [2.05, 4.69) is 11.6 Å². The van der Waals surface area contributed by atoms with E-state index in [0.717, 1.165) is 11.3 Å². The maximum atomic E-state index is 13.8. The van der Waals surface area contributed by atoms with E-state index in [9.17, 15) is 14.4 Å². The molecular formula is C27H22Cl2N2O6S. The molecule has 0 amide bonds. The van der Waals surface area contributed by atoms with Crippen LogP contribution in [0, 0.1) is 0 Å². The zero-order valence-electron chi connectivity index (χ0n) is 20.6. The van der Waals surface area contributed by atoms with Gasteiger partial charge in [0, 0.05) is 17.0 Å². The molecule has 196 valence electrons. The summed E-state index contributed by atoms with van der Waals surface area (Å²) in [7, 11) is 1.42. The summed E-state index contributed by atoms with van der Waals surface area (Å²) in [5.74, 6) is -0.713. The topological polar surface area (TPSA) is 96.2 Å². The molecule has 2 heterocycles. The van der Waals surface area contributed by atoms with Gasteiger partial charge in [0.25, 0.3) is 5.56 Å². The van der Waals surface area contributed by atoms with Crippen molar-refractivity contribution in [1.82, 2.24) is 4.57 Å². The van der Waals surface area contributed by atoms with E-state index in [1.54, 1.807) is 49.4 Å². The quantitative estimate of drug-likeness (QED) is 0.239. The molecule has 11 heteroatoms. The Kier molecular flexibility index (Phi) is 8.20. The third kappa shape index (κ3) is 5.45. The molecule has 1 unspecified atom stereocenters. The van der Waals surface area contributed by atoms with Crippen LogP contribution in [0.2, 0.25) is 10.0 Å². The van der Waals surface area contributed by atoms with Gasteiger partial charge in [-0.25, -0.2) is 9.79 Å². The van der Waals surface area contributed by atoms with Crippen molar-refractivity contribution >= 4 is 52.6 Å². The SMILES string of the molecule is C=CCOC(=O)C1=C(C)N=c2s/c(=C\c3ccc(Cl)cc3Cl)c(=O)n2C1c1ccc(OC(C)=O)c(OC)c1. The normalized spacial score (nSPS) is 15.0. The number of ether oxygens (including phenoxy) is 3. The largest absolute Gasteiger partial charge is 0.493 e. The maximum Gasteiger partial charge on any atom is 0.338 e. The third-order valence-corrected chi connectivity index (χ3v) is 7.13. The van der Waals surface area contributed by atoms with Crippen LogP contribution in [0.3, 0.4) is 0 Å². The number of benzene rings is 2. The molecule has 0 saturated carbocycles. The van der Waals surface area contributed by atoms with Gasteiger partial charge in [-0.2, -0.15) is 0 Å². The van der Waals surface area contributed by atoms with Crippen LogP contribution in [0.5, 0.6) is 11.5 Å². The summed E-state index contributed by atoms with van der Waals surface area (Å²) in [5.41, 5.74) is 1.32. The highest BCUT2D eigenvalue weighted by Crippen LogP contribution is 2.36. The fourth-order valence-electron chi connectivity index (χ4n) is 3.96. The van der Waals surface area contributed by atoms with Crippen LogP contribution < -0.4 is 24.4 Å². The van der Waals surface area contributed by atoms with E-state index in [1.807, 2.05) is 0 Å². The second-order valence-electron chi connectivity index (χ2n) is 8.14. The lowest BCUT2D eigenvalue weighted by Crippen LogP contribution is -2.40. The average Bonchev–Trinajstić information content (AvgIpc) is 3.17. The van der Waals surface area contributed by atoms with Crippen molar-refractivity contribution in [2.24, 2.45) is 4.99 Å². The van der Waals surface area contributed by atoms with Crippen molar-refractivity contribution in [3.8, 4) is 11.5 Å². The van der Waals surface area contributed by atoms with Gasteiger partial charge in [-0.1, -0.05) is 59.3 Å². The predicted molar refractivity (Wildman–Crippen MR) is 146 cm³/mol. The Morgan fingerprint density at radius 1 is 1.18 bits per heavy atom. The molecule has 3 aromatic rings. The zero-order chi connectivity index (χ0) is 27.6. The van der Waals surface area contributed by atoms with Crippen molar-refractivity contribution in [3.63, 3.8) is 0 Å². The number of esters is 2. The Labute approximate surface area is 231 Å². The Morgan fingerprint density at radius 3 is 2.61 bits per heavy atom. The second-order valence-corrected chi connectivity index (χ2v) is 9.99. The summed E-state index contributed by atoms with van der Waals surface area (Å²) in [5, 5.41) is 0.855. The van der Waals surface area contributed by atoms with Gasteiger partial charge in [0.15, 0.2) is 16.3 Å². The molecular weight excluding hydrogens is 551 g/mol. The number of fused-ring (bicyclic) bond motifs is 1. The van der Waals surface area contributed by atoms with Crippen molar-refractivity contribution < 1.29 is 23.8 Å². The van der Waals surface area contributed by atoms with Crippen LogP contribution >= 0.6 is 34.5 Å². The zero-order valence-corrected chi connectivity index (χ0v) is 22.9. The molecule has 1 aromatic heterocycles. The van der Waals surface area contributed by atoms with Gasteiger partial charge in [-0.05, 0) is 48.4 Å². The maximum absolute atomic E-state index is 13.8.